The van der Waals surface area contributed by atoms with Gasteiger partial charge in [0.15, 0.2) is 5.41 Å². The maximum Gasteiger partial charge on any atom is 0.351 e. The summed E-state index contributed by atoms with van der Waals surface area (Å²) >= 11 is 0. The Morgan fingerprint density at radius 2 is 1.41 bits per heavy atom. The van der Waals surface area contributed by atoms with Crippen LogP contribution in [0.3, 0.4) is 0 Å². The van der Waals surface area contributed by atoms with Gasteiger partial charge in [-0.2, -0.15) is 0 Å². The highest BCUT2D eigenvalue weighted by atomic mass is 16.7. The van der Waals surface area contributed by atoms with Gasteiger partial charge in [0.05, 0.1) is 17.5 Å². The molecule has 10 heteroatoms. The number of esters is 5. The third-order valence-corrected chi connectivity index (χ3v) is 8.65. The highest BCUT2D eigenvalue weighted by Gasteiger charge is 2.96. The van der Waals surface area contributed by atoms with E-state index < -0.39 is 76.6 Å². The zero-order valence-electron chi connectivity index (χ0n) is 21.5. The lowest BCUT2D eigenvalue weighted by molar-refractivity contribution is -0.220. The molecular formula is C29H26O10. The molecule has 2 unspecified atom stereocenters. The maximum atomic E-state index is 13.8. The normalized spacial score (nSPS) is 34.3. The van der Waals surface area contributed by atoms with Crippen LogP contribution in [0.15, 0.2) is 60.7 Å². The van der Waals surface area contributed by atoms with Crippen molar-refractivity contribution in [1.82, 2.24) is 0 Å². The first kappa shape index (κ1) is 25.1. The van der Waals surface area contributed by atoms with Crippen LogP contribution in [0.25, 0.3) is 0 Å². The fraction of sp³-hybridized carbons (Fsp3) is 0.414. The lowest BCUT2D eigenvalue weighted by Gasteiger charge is -2.49. The van der Waals surface area contributed by atoms with Gasteiger partial charge in [0.25, 0.3) is 6.29 Å². The van der Waals surface area contributed by atoms with E-state index >= 15 is 0 Å². The van der Waals surface area contributed by atoms with E-state index in [-0.39, 0.29) is 17.5 Å². The Morgan fingerprint density at radius 1 is 0.846 bits per heavy atom. The molecule has 2 bridgehead atoms. The lowest BCUT2D eigenvalue weighted by Crippen LogP contribution is -2.64. The second-order valence-corrected chi connectivity index (χ2v) is 11.4. The summed E-state index contributed by atoms with van der Waals surface area (Å²) in [5, 5.41) is 0. The van der Waals surface area contributed by atoms with Crippen molar-refractivity contribution in [2.45, 2.75) is 57.7 Å². The van der Waals surface area contributed by atoms with E-state index in [0.29, 0.717) is 0 Å². The standard InChI is InChI=1S/C29H26O10/c1-26(2,3)28-14-18-27(24(34)39-28,15-19(30)35-18)29(28)20(36-21(31)16-10-6-4-7-11-16)23(33)38-25(29)37-22(32)17-12-8-5-9-13-17/h4-13,18,20,25H,14-15H2,1-3H3/t18-,20-,25+,27-,28?,29?/m0/s1. The predicted molar refractivity (Wildman–Crippen MR) is 130 cm³/mol. The molecule has 6 rings (SSSR count). The third kappa shape index (κ3) is 3.05. The van der Waals surface area contributed by atoms with Crippen LogP contribution >= 0.6 is 0 Å². The van der Waals surface area contributed by atoms with Gasteiger partial charge in [-0.05, 0) is 24.3 Å². The van der Waals surface area contributed by atoms with Crippen molar-refractivity contribution < 1.29 is 47.7 Å². The van der Waals surface area contributed by atoms with Crippen LogP contribution in [-0.2, 0) is 38.1 Å². The Bertz CT molecular complexity index is 1400. The van der Waals surface area contributed by atoms with Gasteiger partial charge < -0.3 is 23.7 Å². The number of ether oxygens (including phenoxy) is 5. The van der Waals surface area contributed by atoms with Crippen LogP contribution in [0.4, 0.5) is 0 Å². The topological polar surface area (TPSA) is 132 Å². The Morgan fingerprint density at radius 3 is 1.97 bits per heavy atom. The van der Waals surface area contributed by atoms with Gasteiger partial charge in [0.2, 0.25) is 6.10 Å². The number of hydrogen-bond donors (Lipinski definition) is 0. The summed E-state index contributed by atoms with van der Waals surface area (Å²) in [6.45, 7) is 5.37. The Labute approximate surface area is 223 Å². The minimum absolute atomic E-state index is 0.00337. The molecule has 6 atom stereocenters. The van der Waals surface area contributed by atoms with Crippen molar-refractivity contribution in [2.24, 2.45) is 16.2 Å². The summed E-state index contributed by atoms with van der Waals surface area (Å²) < 4.78 is 29.1. The third-order valence-electron chi connectivity index (χ3n) is 8.65. The molecule has 1 saturated carbocycles. The van der Waals surface area contributed by atoms with E-state index in [1.54, 1.807) is 57.2 Å². The van der Waals surface area contributed by atoms with Gasteiger partial charge in [-0.1, -0.05) is 57.2 Å². The highest BCUT2D eigenvalue weighted by molar-refractivity contribution is 5.98. The Balaban J connectivity index is 1.55. The Kier molecular flexibility index (Phi) is 5.24. The summed E-state index contributed by atoms with van der Waals surface area (Å²) in [4.78, 5) is 66.7. The first-order valence-electron chi connectivity index (χ1n) is 12.6. The molecule has 2 aromatic rings. The Hall–Kier alpha value is -4.21. The molecule has 3 saturated heterocycles. The number of carbonyl (C=O) groups is 5. The summed E-state index contributed by atoms with van der Waals surface area (Å²) in [5.41, 5.74) is -5.88. The molecular weight excluding hydrogens is 508 g/mol. The lowest BCUT2D eigenvalue weighted by atomic mass is 9.53. The molecule has 4 aliphatic rings. The highest BCUT2D eigenvalue weighted by Crippen LogP contribution is 2.78. The van der Waals surface area contributed by atoms with Crippen molar-refractivity contribution in [3.05, 3.63) is 71.8 Å². The molecule has 1 aliphatic carbocycles. The number of hydrogen-bond acceptors (Lipinski definition) is 10. The van der Waals surface area contributed by atoms with E-state index in [2.05, 4.69) is 0 Å². The molecule has 0 aromatic heterocycles. The van der Waals surface area contributed by atoms with Crippen molar-refractivity contribution in [2.75, 3.05) is 0 Å². The number of carbonyl (C=O) groups excluding carboxylic acids is 5. The van der Waals surface area contributed by atoms with E-state index in [4.69, 9.17) is 23.7 Å². The van der Waals surface area contributed by atoms with Gasteiger partial charge in [-0.3, -0.25) is 9.59 Å². The molecule has 2 aromatic carbocycles. The molecule has 4 fully saturated rings. The van der Waals surface area contributed by atoms with Crippen LogP contribution < -0.4 is 0 Å². The van der Waals surface area contributed by atoms with Gasteiger partial charge >= 0.3 is 29.8 Å². The fourth-order valence-corrected chi connectivity index (χ4v) is 7.05. The van der Waals surface area contributed by atoms with Crippen LogP contribution in [0.5, 0.6) is 0 Å². The number of cyclic esters (lactones) is 1. The molecule has 0 N–H and O–H groups in total. The zero-order valence-corrected chi connectivity index (χ0v) is 21.5. The molecule has 2 spiro atoms. The summed E-state index contributed by atoms with van der Waals surface area (Å²) in [6, 6.07) is 16.0. The summed E-state index contributed by atoms with van der Waals surface area (Å²) in [5.74, 6) is -4.17. The molecule has 10 nitrogen and oxygen atoms in total. The monoisotopic (exact) mass is 534 g/mol. The minimum Gasteiger partial charge on any atom is -0.461 e. The quantitative estimate of drug-likeness (QED) is 0.426. The molecule has 202 valence electrons. The van der Waals surface area contributed by atoms with E-state index in [1.165, 1.54) is 24.3 Å². The average Bonchev–Trinajstić information content (AvgIpc) is 3.53. The predicted octanol–water partition coefficient (Wildman–Crippen LogP) is 2.99. The fourth-order valence-electron chi connectivity index (χ4n) is 7.05. The first-order chi connectivity index (χ1) is 18.5. The van der Waals surface area contributed by atoms with Crippen molar-refractivity contribution in [3.63, 3.8) is 0 Å². The van der Waals surface area contributed by atoms with Crippen LogP contribution in [-0.4, -0.2) is 53.9 Å². The van der Waals surface area contributed by atoms with Crippen LogP contribution in [0.1, 0.15) is 54.3 Å². The van der Waals surface area contributed by atoms with E-state index in [0.717, 1.165) is 0 Å². The molecule has 0 radical (unpaired) electrons. The molecule has 39 heavy (non-hydrogen) atoms. The maximum absolute atomic E-state index is 13.8. The van der Waals surface area contributed by atoms with E-state index in [9.17, 15) is 24.0 Å². The second-order valence-electron chi connectivity index (χ2n) is 11.4. The van der Waals surface area contributed by atoms with Gasteiger partial charge in [-0.25, -0.2) is 14.4 Å². The van der Waals surface area contributed by atoms with Gasteiger partial charge in [0, 0.05) is 11.8 Å². The zero-order chi connectivity index (χ0) is 27.8. The summed E-state index contributed by atoms with van der Waals surface area (Å²) in [7, 11) is 0. The van der Waals surface area contributed by atoms with Crippen molar-refractivity contribution in [1.29, 1.82) is 0 Å². The second kappa shape index (κ2) is 8.14. The van der Waals surface area contributed by atoms with Crippen molar-refractivity contribution >= 4 is 29.8 Å². The van der Waals surface area contributed by atoms with Gasteiger partial charge in [-0.15, -0.1) is 0 Å². The number of rotatable bonds is 4. The van der Waals surface area contributed by atoms with Gasteiger partial charge in [0.1, 0.15) is 17.1 Å². The largest absolute Gasteiger partial charge is 0.461 e. The number of benzene rings is 2. The summed E-state index contributed by atoms with van der Waals surface area (Å²) in [6.07, 6.45) is -4.93. The van der Waals surface area contributed by atoms with E-state index in [1.807, 2.05) is 0 Å². The average molecular weight is 535 g/mol. The SMILES string of the molecule is CC(C)(C)C12C[C@@H]3OC(=O)C[C@]3(C(=O)O1)C21[C@H](OC(=O)c2ccccc2)OC(=O)[C@@H]1OC(=O)c1ccccc1. The molecule has 3 heterocycles. The molecule has 0 amide bonds. The smallest absolute Gasteiger partial charge is 0.351 e. The molecule has 3 aliphatic heterocycles. The van der Waals surface area contributed by atoms with Crippen LogP contribution in [0.2, 0.25) is 0 Å². The van der Waals surface area contributed by atoms with Crippen molar-refractivity contribution in [3.8, 4) is 0 Å². The van der Waals surface area contributed by atoms with Crippen LogP contribution in [0, 0.1) is 16.2 Å². The first-order valence-corrected chi connectivity index (χ1v) is 12.6. The minimum atomic E-state index is -1.92.